The summed E-state index contributed by atoms with van der Waals surface area (Å²) in [4.78, 5) is 54.3. The average molecular weight is 479 g/mol. The molecule has 8 nitrogen and oxygen atoms in total. The fourth-order valence-corrected chi connectivity index (χ4v) is 3.45. The van der Waals surface area contributed by atoms with E-state index in [1.54, 1.807) is 60.8 Å². The molecule has 4 amide bonds. The Morgan fingerprint density at radius 3 is 2.26 bits per heavy atom. The Morgan fingerprint density at radius 2 is 1.58 bits per heavy atom. The van der Waals surface area contributed by atoms with Gasteiger partial charge in [-0.3, -0.25) is 29.1 Å². The number of halogens is 1. The lowest BCUT2D eigenvalue weighted by molar-refractivity contribution is -0.116. The molecule has 154 valence electrons. The molecule has 2 aromatic carbocycles. The van der Waals surface area contributed by atoms with E-state index in [1.165, 1.54) is 6.20 Å². The number of anilines is 2. The molecule has 0 spiro atoms. The van der Waals surface area contributed by atoms with Gasteiger partial charge in [0, 0.05) is 28.2 Å². The number of imide groups is 1. The van der Waals surface area contributed by atoms with Gasteiger partial charge in [-0.15, -0.1) is 0 Å². The van der Waals surface area contributed by atoms with E-state index in [0.29, 0.717) is 21.4 Å². The first-order chi connectivity index (χ1) is 14.9. The third-order valence-corrected chi connectivity index (χ3v) is 5.08. The van der Waals surface area contributed by atoms with Crippen LogP contribution in [0.2, 0.25) is 0 Å². The van der Waals surface area contributed by atoms with Crippen LogP contribution in [0.1, 0.15) is 31.1 Å². The zero-order valence-electron chi connectivity index (χ0n) is 16.0. The molecule has 0 fully saturated rings. The number of nitrogens with one attached hydrogen (secondary N) is 2. The first-order valence-corrected chi connectivity index (χ1v) is 9.99. The van der Waals surface area contributed by atoms with Crippen LogP contribution in [0.25, 0.3) is 0 Å². The van der Waals surface area contributed by atoms with Crippen LogP contribution in [0.3, 0.4) is 0 Å². The topological polar surface area (TPSA) is 108 Å². The van der Waals surface area contributed by atoms with Gasteiger partial charge in [0.05, 0.1) is 16.7 Å². The van der Waals surface area contributed by atoms with Crippen molar-refractivity contribution in [3.63, 3.8) is 0 Å². The van der Waals surface area contributed by atoms with E-state index >= 15 is 0 Å². The molecule has 0 aliphatic carbocycles. The molecule has 1 aromatic heterocycles. The smallest absolute Gasteiger partial charge is 0.262 e. The molecule has 2 heterocycles. The van der Waals surface area contributed by atoms with E-state index in [4.69, 9.17) is 0 Å². The van der Waals surface area contributed by atoms with Crippen molar-refractivity contribution in [2.75, 3.05) is 17.2 Å². The predicted octanol–water partition coefficient (Wildman–Crippen LogP) is 3.33. The number of hydrogen-bond acceptors (Lipinski definition) is 5. The molecule has 9 heteroatoms. The standard InChI is InChI=1S/C22H15BrN4O4/c23-14-3-8-17-18(10-14)22(31)27(21(17)30)12-19(28)25-15-4-6-16(7-5-15)26-20(29)13-2-1-9-24-11-13/h1-11H,12H2,(H,25,28)(H,26,29). The van der Waals surface area contributed by atoms with Gasteiger partial charge >= 0.3 is 0 Å². The molecule has 31 heavy (non-hydrogen) atoms. The number of carbonyl (C=O) groups excluding carboxylic acids is 4. The number of benzene rings is 2. The normalized spacial score (nSPS) is 12.5. The minimum absolute atomic E-state index is 0.265. The van der Waals surface area contributed by atoms with Crippen LogP contribution < -0.4 is 10.6 Å². The summed E-state index contributed by atoms with van der Waals surface area (Å²) >= 11 is 3.27. The van der Waals surface area contributed by atoms with Crippen molar-refractivity contribution in [1.29, 1.82) is 0 Å². The van der Waals surface area contributed by atoms with Crippen LogP contribution in [0, 0.1) is 0 Å². The number of pyridine rings is 1. The van der Waals surface area contributed by atoms with Gasteiger partial charge in [-0.2, -0.15) is 0 Å². The third-order valence-electron chi connectivity index (χ3n) is 4.58. The molecule has 3 aromatic rings. The van der Waals surface area contributed by atoms with Crippen molar-refractivity contribution in [2.24, 2.45) is 0 Å². The number of hydrogen-bond donors (Lipinski definition) is 2. The second kappa shape index (κ2) is 8.49. The molecular weight excluding hydrogens is 464 g/mol. The maximum absolute atomic E-state index is 12.5. The summed E-state index contributed by atoms with van der Waals surface area (Å²) in [5.74, 6) is -1.83. The second-order valence-electron chi connectivity index (χ2n) is 6.71. The highest BCUT2D eigenvalue weighted by molar-refractivity contribution is 9.10. The Bertz CT molecular complexity index is 1200. The minimum Gasteiger partial charge on any atom is -0.325 e. The quantitative estimate of drug-likeness (QED) is 0.546. The summed E-state index contributed by atoms with van der Waals surface area (Å²) in [7, 11) is 0. The molecule has 0 saturated heterocycles. The van der Waals surface area contributed by atoms with Gasteiger partial charge in [0.15, 0.2) is 0 Å². The Morgan fingerprint density at radius 1 is 0.903 bits per heavy atom. The molecular formula is C22H15BrN4O4. The maximum Gasteiger partial charge on any atom is 0.262 e. The highest BCUT2D eigenvalue weighted by atomic mass is 79.9. The van der Waals surface area contributed by atoms with Crippen LogP contribution in [-0.4, -0.2) is 40.1 Å². The molecule has 0 saturated carbocycles. The third kappa shape index (κ3) is 4.36. The molecule has 0 atom stereocenters. The number of nitrogens with zero attached hydrogens (tertiary/aromatic N) is 2. The van der Waals surface area contributed by atoms with Gasteiger partial charge in [-0.1, -0.05) is 15.9 Å². The van der Waals surface area contributed by atoms with Crippen molar-refractivity contribution in [1.82, 2.24) is 9.88 Å². The Labute approximate surface area is 185 Å². The SMILES string of the molecule is O=C(CN1C(=O)c2ccc(Br)cc2C1=O)Nc1ccc(NC(=O)c2cccnc2)cc1. The summed E-state index contributed by atoms with van der Waals surface area (Å²) in [6, 6.07) is 14.6. The Kier molecular flexibility index (Phi) is 5.59. The van der Waals surface area contributed by atoms with E-state index in [1.807, 2.05) is 0 Å². The van der Waals surface area contributed by atoms with Crippen molar-refractivity contribution in [3.05, 3.63) is 88.2 Å². The van der Waals surface area contributed by atoms with Crippen molar-refractivity contribution in [2.45, 2.75) is 0 Å². The summed E-state index contributed by atoms with van der Waals surface area (Å²) in [6.45, 7) is -0.399. The lowest BCUT2D eigenvalue weighted by Crippen LogP contribution is -2.37. The van der Waals surface area contributed by atoms with Crippen LogP contribution >= 0.6 is 15.9 Å². The zero-order valence-corrected chi connectivity index (χ0v) is 17.5. The van der Waals surface area contributed by atoms with Gasteiger partial charge in [0.25, 0.3) is 17.7 Å². The number of rotatable bonds is 5. The first-order valence-electron chi connectivity index (χ1n) is 9.19. The molecule has 1 aliphatic heterocycles. The van der Waals surface area contributed by atoms with Gasteiger partial charge in [-0.05, 0) is 54.6 Å². The lowest BCUT2D eigenvalue weighted by Gasteiger charge is -2.14. The fraction of sp³-hybridized carbons (Fsp3) is 0.0455. The van der Waals surface area contributed by atoms with E-state index < -0.39 is 24.3 Å². The highest BCUT2D eigenvalue weighted by Crippen LogP contribution is 2.26. The Balaban J connectivity index is 1.37. The number of amides is 4. The summed E-state index contributed by atoms with van der Waals surface area (Å²) in [5, 5.41) is 5.37. The molecule has 2 N–H and O–H groups in total. The number of carbonyl (C=O) groups is 4. The van der Waals surface area contributed by atoms with Gasteiger partial charge < -0.3 is 10.6 Å². The monoisotopic (exact) mass is 478 g/mol. The second-order valence-corrected chi connectivity index (χ2v) is 7.62. The molecule has 0 radical (unpaired) electrons. The molecule has 0 unspecified atom stereocenters. The van der Waals surface area contributed by atoms with E-state index in [9.17, 15) is 19.2 Å². The maximum atomic E-state index is 12.5. The summed E-state index contributed by atoms with van der Waals surface area (Å²) in [5.41, 5.74) is 1.96. The molecule has 4 rings (SSSR count). The van der Waals surface area contributed by atoms with Gasteiger partial charge in [-0.25, -0.2) is 0 Å². The van der Waals surface area contributed by atoms with Crippen LogP contribution in [0.5, 0.6) is 0 Å². The van der Waals surface area contributed by atoms with Gasteiger partial charge in [0.1, 0.15) is 6.54 Å². The molecule has 0 bridgehead atoms. The Hall–Kier alpha value is -3.85. The first kappa shape index (κ1) is 20.4. The average Bonchev–Trinajstić information content (AvgIpc) is 3.00. The largest absolute Gasteiger partial charge is 0.325 e. The van der Waals surface area contributed by atoms with Crippen LogP contribution in [0.15, 0.2) is 71.5 Å². The van der Waals surface area contributed by atoms with Crippen molar-refractivity contribution >= 4 is 50.9 Å². The predicted molar refractivity (Wildman–Crippen MR) is 117 cm³/mol. The molecule has 1 aliphatic rings. The van der Waals surface area contributed by atoms with E-state index in [2.05, 4.69) is 31.5 Å². The van der Waals surface area contributed by atoms with Crippen molar-refractivity contribution in [3.8, 4) is 0 Å². The van der Waals surface area contributed by atoms with Crippen LogP contribution in [0.4, 0.5) is 11.4 Å². The fourth-order valence-electron chi connectivity index (χ4n) is 3.09. The van der Waals surface area contributed by atoms with Gasteiger partial charge in [0.2, 0.25) is 5.91 Å². The highest BCUT2D eigenvalue weighted by Gasteiger charge is 2.36. The minimum atomic E-state index is -0.513. The zero-order chi connectivity index (χ0) is 22.0. The van der Waals surface area contributed by atoms with E-state index in [0.717, 1.165) is 4.90 Å². The number of aromatic nitrogens is 1. The summed E-state index contributed by atoms with van der Waals surface area (Å²) in [6.07, 6.45) is 3.04. The van der Waals surface area contributed by atoms with Crippen molar-refractivity contribution < 1.29 is 19.2 Å². The number of fused-ring (bicyclic) bond motifs is 1. The van der Waals surface area contributed by atoms with E-state index in [-0.39, 0.29) is 17.0 Å². The lowest BCUT2D eigenvalue weighted by atomic mass is 10.1. The summed E-state index contributed by atoms with van der Waals surface area (Å²) < 4.78 is 0.675. The van der Waals surface area contributed by atoms with Crippen LogP contribution in [-0.2, 0) is 4.79 Å².